The van der Waals surface area contributed by atoms with Crippen molar-refractivity contribution >= 4 is 5.69 Å². The van der Waals surface area contributed by atoms with Gasteiger partial charge in [0, 0.05) is 12.3 Å². The first-order chi connectivity index (χ1) is 7.65. The number of nitro groups is 1. The van der Waals surface area contributed by atoms with Gasteiger partial charge in [0.1, 0.15) is 0 Å². The fourth-order valence-electron chi connectivity index (χ4n) is 1.30. The highest BCUT2D eigenvalue weighted by Gasteiger charge is 2.16. The zero-order chi connectivity index (χ0) is 12.0. The highest BCUT2D eigenvalue weighted by Crippen LogP contribution is 2.24. The van der Waals surface area contributed by atoms with Gasteiger partial charge in [0.2, 0.25) is 0 Å². The number of nitrogens with zero attached hydrogens (tertiary/aromatic N) is 2. The molecule has 0 N–H and O–H groups in total. The van der Waals surface area contributed by atoms with Gasteiger partial charge in [0.25, 0.3) is 5.88 Å². The maximum absolute atomic E-state index is 10.7. The minimum atomic E-state index is -0.463. The van der Waals surface area contributed by atoms with Gasteiger partial charge < -0.3 is 4.74 Å². The Balaban J connectivity index is 2.67. The second kappa shape index (κ2) is 6.05. The summed E-state index contributed by atoms with van der Waals surface area (Å²) in [6, 6.07) is 1.47. The van der Waals surface area contributed by atoms with Crippen LogP contribution in [0.5, 0.6) is 5.88 Å². The maximum Gasteiger partial charge on any atom is 0.331 e. The molecule has 0 aliphatic rings. The van der Waals surface area contributed by atoms with Gasteiger partial charge in [0.15, 0.2) is 0 Å². The number of unbranched alkanes of at least 4 members (excludes halogenated alkanes) is 2. The van der Waals surface area contributed by atoms with Crippen molar-refractivity contribution in [2.24, 2.45) is 0 Å². The van der Waals surface area contributed by atoms with Crippen molar-refractivity contribution < 1.29 is 9.66 Å². The minimum Gasteiger partial charge on any atom is -0.473 e. The average Bonchev–Trinajstić information content (AvgIpc) is 2.26. The largest absolute Gasteiger partial charge is 0.473 e. The van der Waals surface area contributed by atoms with E-state index in [1.807, 2.05) is 0 Å². The third-order valence-corrected chi connectivity index (χ3v) is 2.15. The van der Waals surface area contributed by atoms with E-state index in [4.69, 9.17) is 4.74 Å². The van der Waals surface area contributed by atoms with E-state index in [0.717, 1.165) is 24.8 Å². The molecular formula is C11H16N2O3. The summed E-state index contributed by atoms with van der Waals surface area (Å²) in [5.41, 5.74) is 0.698. The zero-order valence-corrected chi connectivity index (χ0v) is 9.60. The molecule has 1 heterocycles. The first kappa shape index (κ1) is 12.4. The molecule has 1 aromatic rings. The topological polar surface area (TPSA) is 65.3 Å². The Morgan fingerprint density at radius 3 is 2.88 bits per heavy atom. The number of hydrogen-bond acceptors (Lipinski definition) is 4. The van der Waals surface area contributed by atoms with E-state index in [2.05, 4.69) is 11.9 Å². The fourth-order valence-corrected chi connectivity index (χ4v) is 1.30. The van der Waals surface area contributed by atoms with Crippen LogP contribution in [0.25, 0.3) is 0 Å². The molecule has 1 rings (SSSR count). The maximum atomic E-state index is 10.7. The van der Waals surface area contributed by atoms with Crippen LogP contribution in [-0.4, -0.2) is 16.5 Å². The lowest BCUT2D eigenvalue weighted by Crippen LogP contribution is -2.02. The SMILES string of the molecule is CCCCCOc1ncc(C)cc1[N+](=O)[O-]. The Morgan fingerprint density at radius 1 is 1.50 bits per heavy atom. The molecule has 16 heavy (non-hydrogen) atoms. The van der Waals surface area contributed by atoms with Crippen LogP contribution in [0.2, 0.25) is 0 Å². The third kappa shape index (κ3) is 3.49. The molecular weight excluding hydrogens is 208 g/mol. The molecule has 0 saturated heterocycles. The number of aromatic nitrogens is 1. The van der Waals surface area contributed by atoms with Crippen molar-refractivity contribution in [2.45, 2.75) is 33.1 Å². The molecule has 1 aromatic heterocycles. The molecule has 0 unspecified atom stereocenters. The summed E-state index contributed by atoms with van der Waals surface area (Å²) in [6.45, 7) is 4.33. The smallest absolute Gasteiger partial charge is 0.331 e. The van der Waals surface area contributed by atoms with E-state index in [1.165, 1.54) is 6.07 Å². The second-order valence-electron chi connectivity index (χ2n) is 3.65. The second-order valence-corrected chi connectivity index (χ2v) is 3.65. The summed E-state index contributed by atoms with van der Waals surface area (Å²) in [4.78, 5) is 14.2. The summed E-state index contributed by atoms with van der Waals surface area (Å²) >= 11 is 0. The molecule has 0 atom stereocenters. The van der Waals surface area contributed by atoms with E-state index >= 15 is 0 Å². The summed E-state index contributed by atoms with van der Waals surface area (Å²) in [5, 5.41) is 10.7. The summed E-state index contributed by atoms with van der Waals surface area (Å²) in [7, 11) is 0. The van der Waals surface area contributed by atoms with Gasteiger partial charge in [-0.05, 0) is 18.9 Å². The van der Waals surface area contributed by atoms with Gasteiger partial charge in [-0.25, -0.2) is 4.98 Å². The van der Waals surface area contributed by atoms with Crippen LogP contribution in [0.1, 0.15) is 31.7 Å². The van der Waals surface area contributed by atoms with Crippen LogP contribution in [0.4, 0.5) is 5.69 Å². The molecule has 0 fully saturated rings. The van der Waals surface area contributed by atoms with Crippen LogP contribution in [0.15, 0.2) is 12.3 Å². The van der Waals surface area contributed by atoms with Crippen molar-refractivity contribution in [3.05, 3.63) is 27.9 Å². The van der Waals surface area contributed by atoms with E-state index in [-0.39, 0.29) is 11.6 Å². The van der Waals surface area contributed by atoms with Gasteiger partial charge in [-0.15, -0.1) is 0 Å². The van der Waals surface area contributed by atoms with Crippen molar-refractivity contribution in [2.75, 3.05) is 6.61 Å². The van der Waals surface area contributed by atoms with Crippen molar-refractivity contribution in [3.8, 4) is 5.88 Å². The fraction of sp³-hybridized carbons (Fsp3) is 0.545. The van der Waals surface area contributed by atoms with Gasteiger partial charge in [-0.2, -0.15) is 0 Å². The van der Waals surface area contributed by atoms with Crippen LogP contribution >= 0.6 is 0 Å². The van der Waals surface area contributed by atoms with Gasteiger partial charge in [-0.3, -0.25) is 10.1 Å². The molecule has 88 valence electrons. The summed E-state index contributed by atoms with van der Waals surface area (Å²) in [5.74, 6) is 0.117. The monoisotopic (exact) mass is 224 g/mol. The van der Waals surface area contributed by atoms with Crippen LogP contribution in [0.3, 0.4) is 0 Å². The average molecular weight is 224 g/mol. The van der Waals surface area contributed by atoms with Gasteiger partial charge in [-0.1, -0.05) is 19.8 Å². The molecule has 0 aliphatic heterocycles. The highest BCUT2D eigenvalue weighted by atomic mass is 16.6. The first-order valence-corrected chi connectivity index (χ1v) is 5.39. The van der Waals surface area contributed by atoms with E-state index < -0.39 is 4.92 Å². The number of hydrogen-bond donors (Lipinski definition) is 0. The van der Waals surface area contributed by atoms with Gasteiger partial charge in [0.05, 0.1) is 11.5 Å². The molecule has 0 saturated carbocycles. The molecule has 5 nitrogen and oxygen atoms in total. The predicted molar refractivity (Wildman–Crippen MR) is 60.6 cm³/mol. The highest BCUT2D eigenvalue weighted by molar-refractivity contribution is 5.42. The molecule has 0 amide bonds. The zero-order valence-electron chi connectivity index (χ0n) is 9.60. The third-order valence-electron chi connectivity index (χ3n) is 2.15. The first-order valence-electron chi connectivity index (χ1n) is 5.39. The number of ether oxygens (including phenoxy) is 1. The van der Waals surface area contributed by atoms with Gasteiger partial charge >= 0.3 is 5.69 Å². The van der Waals surface area contributed by atoms with E-state index in [0.29, 0.717) is 6.61 Å². The normalized spacial score (nSPS) is 10.1. The summed E-state index contributed by atoms with van der Waals surface area (Å²) < 4.78 is 5.30. The lowest BCUT2D eigenvalue weighted by Gasteiger charge is -2.05. The predicted octanol–water partition coefficient (Wildman–Crippen LogP) is 2.87. The Hall–Kier alpha value is -1.65. The van der Waals surface area contributed by atoms with Crippen molar-refractivity contribution in [3.63, 3.8) is 0 Å². The van der Waals surface area contributed by atoms with E-state index in [1.54, 1.807) is 13.1 Å². The Kier molecular flexibility index (Phi) is 4.69. The Morgan fingerprint density at radius 2 is 2.25 bits per heavy atom. The molecule has 0 aliphatic carbocycles. The van der Waals surface area contributed by atoms with Crippen LogP contribution < -0.4 is 4.74 Å². The molecule has 0 spiro atoms. The quantitative estimate of drug-likeness (QED) is 0.423. The lowest BCUT2D eigenvalue weighted by atomic mass is 10.3. The number of pyridine rings is 1. The van der Waals surface area contributed by atoms with Crippen LogP contribution in [0, 0.1) is 17.0 Å². The standard InChI is InChI=1S/C11H16N2O3/c1-3-4-5-6-16-11-10(13(14)15)7-9(2)8-12-11/h7-8H,3-6H2,1-2H3. The van der Waals surface area contributed by atoms with Crippen molar-refractivity contribution in [1.82, 2.24) is 4.98 Å². The Bertz CT molecular complexity index is 366. The van der Waals surface area contributed by atoms with E-state index in [9.17, 15) is 10.1 Å². The molecule has 5 heteroatoms. The Labute approximate surface area is 94.6 Å². The number of aryl methyl sites for hydroxylation is 1. The summed E-state index contributed by atoms with van der Waals surface area (Å²) in [6.07, 6.45) is 4.61. The molecule has 0 radical (unpaired) electrons. The minimum absolute atomic E-state index is 0.0588. The lowest BCUT2D eigenvalue weighted by molar-refractivity contribution is -0.386. The molecule has 0 bridgehead atoms. The number of rotatable bonds is 6. The van der Waals surface area contributed by atoms with Crippen LogP contribution in [-0.2, 0) is 0 Å². The van der Waals surface area contributed by atoms with Crippen molar-refractivity contribution in [1.29, 1.82) is 0 Å². The molecule has 0 aromatic carbocycles.